The molecule has 0 saturated carbocycles. The number of esters is 2. The van der Waals surface area contributed by atoms with Crippen molar-refractivity contribution >= 4 is 22.7 Å². The SMILES string of the molecule is CS(=O)CCN1CC(=O)OC(=O)C1. The summed E-state index contributed by atoms with van der Waals surface area (Å²) in [5, 5.41) is 0. The zero-order chi connectivity index (χ0) is 9.84. The van der Waals surface area contributed by atoms with Crippen molar-refractivity contribution in [1.82, 2.24) is 4.90 Å². The molecule has 0 aromatic rings. The van der Waals surface area contributed by atoms with E-state index in [0.29, 0.717) is 12.3 Å². The van der Waals surface area contributed by atoms with E-state index in [1.807, 2.05) is 0 Å². The largest absolute Gasteiger partial charge is 0.391 e. The number of hydrogen-bond acceptors (Lipinski definition) is 5. The number of hydrogen-bond donors (Lipinski definition) is 0. The fourth-order valence-corrected chi connectivity index (χ4v) is 1.54. The molecule has 1 fully saturated rings. The number of cyclic esters (lactones) is 2. The lowest BCUT2D eigenvalue weighted by Gasteiger charge is -2.23. The van der Waals surface area contributed by atoms with E-state index in [1.54, 1.807) is 11.2 Å². The molecule has 6 heteroatoms. The van der Waals surface area contributed by atoms with E-state index >= 15 is 0 Å². The molecule has 0 amide bonds. The Morgan fingerprint density at radius 3 is 2.38 bits per heavy atom. The van der Waals surface area contributed by atoms with E-state index in [-0.39, 0.29) is 13.1 Å². The van der Waals surface area contributed by atoms with Gasteiger partial charge in [0.25, 0.3) is 0 Å². The highest BCUT2D eigenvalue weighted by Crippen LogP contribution is 1.99. The van der Waals surface area contributed by atoms with Crippen LogP contribution in [0.2, 0.25) is 0 Å². The van der Waals surface area contributed by atoms with Gasteiger partial charge in [-0.15, -0.1) is 0 Å². The molecule has 0 spiro atoms. The fraction of sp³-hybridized carbons (Fsp3) is 0.714. The third-order valence-corrected chi connectivity index (χ3v) is 2.39. The molecule has 0 aromatic heterocycles. The molecular weight excluding hydrogens is 194 g/mol. The minimum atomic E-state index is -0.895. The van der Waals surface area contributed by atoms with Crippen molar-refractivity contribution in [2.24, 2.45) is 0 Å². The fourth-order valence-electron chi connectivity index (χ4n) is 1.03. The molecule has 0 N–H and O–H groups in total. The van der Waals surface area contributed by atoms with Crippen LogP contribution in [0.4, 0.5) is 0 Å². The van der Waals surface area contributed by atoms with Crippen LogP contribution in [0.1, 0.15) is 0 Å². The van der Waals surface area contributed by atoms with Crippen molar-refractivity contribution in [3.8, 4) is 0 Å². The summed E-state index contributed by atoms with van der Waals surface area (Å²) < 4.78 is 15.1. The van der Waals surface area contributed by atoms with E-state index in [0.717, 1.165) is 0 Å². The predicted octanol–water partition coefficient (Wildman–Crippen LogP) is -1.25. The molecule has 1 aliphatic rings. The molecular formula is C7H11NO4S. The van der Waals surface area contributed by atoms with Gasteiger partial charge < -0.3 is 4.74 Å². The van der Waals surface area contributed by atoms with Gasteiger partial charge in [0, 0.05) is 29.4 Å². The van der Waals surface area contributed by atoms with Crippen LogP contribution in [0.15, 0.2) is 0 Å². The summed E-state index contributed by atoms with van der Waals surface area (Å²) >= 11 is 0. The molecule has 1 saturated heterocycles. The third kappa shape index (κ3) is 3.65. The van der Waals surface area contributed by atoms with Gasteiger partial charge in [0.15, 0.2) is 0 Å². The normalized spacial score (nSPS) is 21.3. The second kappa shape index (κ2) is 4.48. The van der Waals surface area contributed by atoms with Gasteiger partial charge in [0.1, 0.15) is 0 Å². The van der Waals surface area contributed by atoms with E-state index in [1.165, 1.54) is 0 Å². The van der Waals surface area contributed by atoms with Gasteiger partial charge in [-0.2, -0.15) is 0 Å². The van der Waals surface area contributed by atoms with Crippen LogP contribution in [-0.4, -0.2) is 52.7 Å². The Kier molecular flexibility index (Phi) is 3.56. The van der Waals surface area contributed by atoms with Crippen molar-refractivity contribution in [3.05, 3.63) is 0 Å². The highest BCUT2D eigenvalue weighted by Gasteiger charge is 2.24. The number of morpholine rings is 1. The van der Waals surface area contributed by atoms with E-state index in [9.17, 15) is 13.8 Å². The second-order valence-corrected chi connectivity index (χ2v) is 4.39. The summed E-state index contributed by atoms with van der Waals surface area (Å²) in [6, 6.07) is 0. The average molecular weight is 205 g/mol. The zero-order valence-corrected chi connectivity index (χ0v) is 8.13. The lowest BCUT2D eigenvalue weighted by atomic mass is 10.4. The maximum atomic E-state index is 10.8. The van der Waals surface area contributed by atoms with Gasteiger partial charge in [-0.05, 0) is 0 Å². The Labute approximate surface area is 78.5 Å². The molecule has 5 nitrogen and oxygen atoms in total. The van der Waals surface area contributed by atoms with Gasteiger partial charge in [-0.3, -0.25) is 18.7 Å². The summed E-state index contributed by atoms with van der Waals surface area (Å²) in [5.74, 6) is -0.586. The van der Waals surface area contributed by atoms with Crippen LogP contribution >= 0.6 is 0 Å². The highest BCUT2D eigenvalue weighted by molar-refractivity contribution is 7.84. The van der Waals surface area contributed by atoms with Crippen LogP contribution in [0.25, 0.3) is 0 Å². The molecule has 74 valence electrons. The van der Waals surface area contributed by atoms with E-state index in [4.69, 9.17) is 0 Å². The average Bonchev–Trinajstić information content (AvgIpc) is 1.99. The molecule has 0 bridgehead atoms. The predicted molar refractivity (Wildman–Crippen MR) is 46.5 cm³/mol. The smallest absolute Gasteiger partial charge is 0.327 e. The Hall–Kier alpha value is -0.750. The first-order chi connectivity index (χ1) is 6.08. The monoisotopic (exact) mass is 205 g/mol. The second-order valence-electron chi connectivity index (χ2n) is 2.83. The third-order valence-electron chi connectivity index (χ3n) is 1.63. The molecule has 1 rings (SSSR count). The first-order valence-corrected chi connectivity index (χ1v) is 5.56. The van der Waals surface area contributed by atoms with Crippen molar-refractivity contribution in [2.45, 2.75) is 0 Å². The molecule has 0 radical (unpaired) electrons. The minimum Gasteiger partial charge on any atom is -0.391 e. The van der Waals surface area contributed by atoms with Gasteiger partial charge in [-0.1, -0.05) is 0 Å². The van der Waals surface area contributed by atoms with Crippen molar-refractivity contribution in [1.29, 1.82) is 0 Å². The number of rotatable bonds is 3. The maximum absolute atomic E-state index is 10.8. The van der Waals surface area contributed by atoms with Gasteiger partial charge in [-0.25, -0.2) is 0 Å². The van der Waals surface area contributed by atoms with Gasteiger partial charge in [0.05, 0.1) is 13.1 Å². The van der Waals surface area contributed by atoms with Crippen LogP contribution in [-0.2, 0) is 25.1 Å². The first kappa shape index (κ1) is 10.3. The van der Waals surface area contributed by atoms with Gasteiger partial charge >= 0.3 is 11.9 Å². The molecule has 1 unspecified atom stereocenters. The van der Waals surface area contributed by atoms with E-state index in [2.05, 4.69) is 4.74 Å². The summed E-state index contributed by atoms with van der Waals surface area (Å²) in [6.45, 7) is 0.718. The Morgan fingerprint density at radius 1 is 1.38 bits per heavy atom. The summed E-state index contributed by atoms with van der Waals surface area (Å²) in [4.78, 5) is 23.2. The first-order valence-electron chi connectivity index (χ1n) is 3.84. The van der Waals surface area contributed by atoms with Crippen LogP contribution < -0.4 is 0 Å². The molecule has 1 atom stereocenters. The van der Waals surface area contributed by atoms with Crippen LogP contribution in [0, 0.1) is 0 Å². The number of ether oxygens (including phenoxy) is 1. The number of carbonyl (C=O) groups excluding carboxylic acids is 2. The lowest BCUT2D eigenvalue weighted by Crippen LogP contribution is -2.44. The number of carbonyl (C=O) groups is 2. The standard InChI is InChI=1S/C7H11NO4S/c1-13(11)3-2-8-4-6(9)12-7(10)5-8/h2-5H2,1H3. The van der Waals surface area contributed by atoms with Crippen LogP contribution in [0.5, 0.6) is 0 Å². The molecule has 1 heterocycles. The quantitative estimate of drug-likeness (QED) is 0.425. The Morgan fingerprint density at radius 2 is 1.92 bits per heavy atom. The summed E-state index contributed by atoms with van der Waals surface area (Å²) in [6.07, 6.45) is 1.59. The van der Waals surface area contributed by atoms with E-state index < -0.39 is 22.7 Å². The topological polar surface area (TPSA) is 63.7 Å². The number of nitrogens with zero attached hydrogens (tertiary/aromatic N) is 1. The Bertz CT molecular complexity index is 237. The summed E-state index contributed by atoms with van der Waals surface area (Å²) in [7, 11) is -0.895. The maximum Gasteiger partial charge on any atom is 0.327 e. The van der Waals surface area contributed by atoms with Crippen molar-refractivity contribution < 1.29 is 18.5 Å². The zero-order valence-electron chi connectivity index (χ0n) is 7.32. The van der Waals surface area contributed by atoms with Crippen molar-refractivity contribution in [3.63, 3.8) is 0 Å². The molecule has 1 aliphatic heterocycles. The van der Waals surface area contributed by atoms with Crippen molar-refractivity contribution in [2.75, 3.05) is 31.6 Å². The molecule has 0 aromatic carbocycles. The lowest BCUT2D eigenvalue weighted by molar-refractivity contribution is -0.166. The molecule has 13 heavy (non-hydrogen) atoms. The summed E-state index contributed by atoms with van der Waals surface area (Å²) in [5.41, 5.74) is 0. The molecule has 0 aliphatic carbocycles. The Balaban J connectivity index is 2.37. The minimum absolute atomic E-state index is 0.114. The highest BCUT2D eigenvalue weighted by atomic mass is 32.2. The van der Waals surface area contributed by atoms with Crippen LogP contribution in [0.3, 0.4) is 0 Å². The van der Waals surface area contributed by atoms with Gasteiger partial charge in [0.2, 0.25) is 0 Å².